The Morgan fingerprint density at radius 1 is 1.07 bits per heavy atom. The van der Waals surface area contributed by atoms with Gasteiger partial charge in [-0.05, 0) is 12.1 Å². The summed E-state index contributed by atoms with van der Waals surface area (Å²) in [6, 6.07) is 17.9. The number of ether oxygens (including phenoxy) is 3. The molecule has 2 aromatic carbocycles. The quantitative estimate of drug-likeness (QED) is 0.359. The lowest BCUT2D eigenvalue weighted by molar-refractivity contribution is -0.133. The van der Waals surface area contributed by atoms with E-state index in [1.54, 1.807) is 48.5 Å². The molecule has 0 atom stereocenters. The molecule has 0 radical (unpaired) electrons. The Morgan fingerprint density at radius 2 is 1.83 bits per heavy atom. The van der Waals surface area contributed by atoms with Gasteiger partial charge in [-0.2, -0.15) is 5.26 Å². The van der Waals surface area contributed by atoms with Gasteiger partial charge < -0.3 is 14.2 Å². The van der Waals surface area contributed by atoms with Crippen LogP contribution in [0.15, 0.2) is 67.2 Å². The summed E-state index contributed by atoms with van der Waals surface area (Å²) in [5.74, 6) is 0.0884. The molecule has 0 bridgehead atoms. The zero-order chi connectivity index (χ0) is 20.6. The molecule has 0 unspecified atom stereocenters. The van der Waals surface area contributed by atoms with Crippen molar-refractivity contribution >= 4 is 11.5 Å². The molecule has 0 aliphatic carbocycles. The number of rotatable bonds is 6. The van der Waals surface area contributed by atoms with Crippen molar-refractivity contribution in [2.24, 2.45) is 0 Å². The van der Waals surface area contributed by atoms with Gasteiger partial charge in [-0.15, -0.1) is 0 Å². The van der Waals surface area contributed by atoms with Crippen molar-refractivity contribution < 1.29 is 19.0 Å². The number of para-hydroxylation sites is 1. The fourth-order valence-corrected chi connectivity index (χ4v) is 2.69. The monoisotopic (exact) mass is 387 g/mol. The van der Waals surface area contributed by atoms with Crippen molar-refractivity contribution in [2.75, 3.05) is 14.2 Å². The molecule has 0 spiro atoms. The van der Waals surface area contributed by atoms with Crippen molar-refractivity contribution in [1.29, 1.82) is 5.26 Å². The second-order valence-corrected chi connectivity index (χ2v) is 5.76. The highest BCUT2D eigenvalue weighted by atomic mass is 16.5. The first-order valence-electron chi connectivity index (χ1n) is 8.58. The van der Waals surface area contributed by atoms with E-state index in [4.69, 9.17) is 14.2 Å². The Kier molecular flexibility index (Phi) is 6.18. The summed E-state index contributed by atoms with van der Waals surface area (Å²) in [6.45, 7) is 0. The molecule has 0 N–H and O–H groups in total. The summed E-state index contributed by atoms with van der Waals surface area (Å²) < 4.78 is 15.8. The van der Waals surface area contributed by atoms with Crippen LogP contribution in [0.2, 0.25) is 0 Å². The number of benzene rings is 2. The second kappa shape index (κ2) is 9.15. The zero-order valence-corrected chi connectivity index (χ0v) is 15.8. The lowest BCUT2D eigenvalue weighted by atomic mass is 10.1. The van der Waals surface area contributed by atoms with Gasteiger partial charge in [0.15, 0.2) is 0 Å². The van der Waals surface area contributed by atoms with Gasteiger partial charge in [0.1, 0.15) is 17.6 Å². The third-order valence-electron chi connectivity index (χ3n) is 4.00. The standard InChI is InChI=1S/C22H17N3O4/c1-27-13-18(22(26)28-2)17-9-5-6-10-20(17)29-21-11-19(24-14-25-21)16-8-4-3-7-15(16)12-23/h3-11,13-14H,1-2H3/b18-13-. The van der Waals surface area contributed by atoms with Crippen molar-refractivity contribution in [3.05, 3.63) is 78.3 Å². The lowest BCUT2D eigenvalue weighted by Crippen LogP contribution is -2.06. The van der Waals surface area contributed by atoms with Crippen LogP contribution in [-0.2, 0) is 14.3 Å². The molecule has 1 heterocycles. The van der Waals surface area contributed by atoms with E-state index < -0.39 is 5.97 Å². The molecular formula is C22H17N3O4. The number of hydrogen-bond acceptors (Lipinski definition) is 7. The van der Waals surface area contributed by atoms with E-state index in [-0.39, 0.29) is 11.5 Å². The highest BCUT2D eigenvalue weighted by molar-refractivity contribution is 6.17. The second-order valence-electron chi connectivity index (χ2n) is 5.76. The minimum atomic E-state index is -0.561. The predicted octanol–water partition coefficient (Wildman–Crippen LogP) is 3.97. The summed E-state index contributed by atoms with van der Waals surface area (Å²) in [5, 5.41) is 9.32. The minimum Gasteiger partial charge on any atom is -0.503 e. The van der Waals surface area contributed by atoms with Crippen LogP contribution in [0.4, 0.5) is 0 Å². The van der Waals surface area contributed by atoms with Gasteiger partial charge in [0, 0.05) is 17.2 Å². The van der Waals surface area contributed by atoms with Crippen molar-refractivity contribution in [1.82, 2.24) is 9.97 Å². The van der Waals surface area contributed by atoms with E-state index >= 15 is 0 Å². The average Bonchev–Trinajstić information content (AvgIpc) is 2.77. The molecule has 3 rings (SSSR count). The van der Waals surface area contributed by atoms with Gasteiger partial charge in [-0.3, -0.25) is 0 Å². The maximum absolute atomic E-state index is 12.1. The Morgan fingerprint density at radius 3 is 2.59 bits per heavy atom. The number of carbonyl (C=O) groups excluding carboxylic acids is 1. The molecule has 0 fully saturated rings. The van der Waals surface area contributed by atoms with Gasteiger partial charge >= 0.3 is 5.97 Å². The van der Waals surface area contributed by atoms with Crippen LogP contribution in [-0.4, -0.2) is 30.2 Å². The van der Waals surface area contributed by atoms with Crippen molar-refractivity contribution in [3.8, 4) is 29.0 Å². The zero-order valence-electron chi connectivity index (χ0n) is 15.8. The molecule has 3 aromatic rings. The van der Waals surface area contributed by atoms with E-state index in [9.17, 15) is 10.1 Å². The largest absolute Gasteiger partial charge is 0.503 e. The summed E-state index contributed by atoms with van der Waals surface area (Å²) in [5.41, 5.74) is 2.40. The maximum atomic E-state index is 12.1. The highest BCUT2D eigenvalue weighted by Crippen LogP contribution is 2.31. The van der Waals surface area contributed by atoms with Gasteiger partial charge in [-0.1, -0.05) is 36.4 Å². The number of aromatic nitrogens is 2. The minimum absolute atomic E-state index is 0.203. The van der Waals surface area contributed by atoms with E-state index in [0.717, 1.165) is 0 Å². The van der Waals surface area contributed by atoms with Gasteiger partial charge in [-0.25, -0.2) is 14.8 Å². The van der Waals surface area contributed by atoms with Crippen LogP contribution in [0, 0.1) is 11.3 Å². The molecule has 0 aliphatic heterocycles. The molecule has 7 nitrogen and oxygen atoms in total. The molecule has 144 valence electrons. The summed E-state index contributed by atoms with van der Waals surface area (Å²) in [6.07, 6.45) is 2.65. The summed E-state index contributed by atoms with van der Waals surface area (Å²) in [7, 11) is 2.73. The SMILES string of the molecule is CO/C=C(\C(=O)OC)c1ccccc1Oc1cc(-c2ccccc2C#N)ncn1. The Bertz CT molecular complexity index is 1100. The van der Waals surface area contributed by atoms with Crippen molar-refractivity contribution in [2.45, 2.75) is 0 Å². The third kappa shape index (κ3) is 4.39. The van der Waals surface area contributed by atoms with Gasteiger partial charge in [0.2, 0.25) is 5.88 Å². The van der Waals surface area contributed by atoms with Crippen LogP contribution in [0.25, 0.3) is 16.8 Å². The van der Waals surface area contributed by atoms with Crippen LogP contribution < -0.4 is 4.74 Å². The van der Waals surface area contributed by atoms with Crippen LogP contribution in [0.1, 0.15) is 11.1 Å². The smallest absolute Gasteiger partial charge is 0.341 e. The third-order valence-corrected chi connectivity index (χ3v) is 4.00. The topological polar surface area (TPSA) is 94.3 Å². The fourth-order valence-electron chi connectivity index (χ4n) is 2.69. The highest BCUT2D eigenvalue weighted by Gasteiger charge is 2.18. The molecule has 0 saturated heterocycles. The average molecular weight is 387 g/mol. The number of nitriles is 1. The number of esters is 1. The lowest BCUT2D eigenvalue weighted by Gasteiger charge is -2.12. The Hall–Kier alpha value is -4.18. The molecule has 1 aromatic heterocycles. The summed E-state index contributed by atoms with van der Waals surface area (Å²) >= 11 is 0. The maximum Gasteiger partial charge on any atom is 0.341 e. The van der Waals surface area contributed by atoms with E-state index in [1.165, 1.54) is 26.8 Å². The predicted molar refractivity (Wildman–Crippen MR) is 106 cm³/mol. The molecule has 0 saturated carbocycles. The molecule has 0 aliphatic rings. The number of nitrogens with zero attached hydrogens (tertiary/aromatic N) is 3. The molecule has 29 heavy (non-hydrogen) atoms. The Balaban J connectivity index is 1.99. The van der Waals surface area contributed by atoms with E-state index in [2.05, 4.69) is 16.0 Å². The van der Waals surface area contributed by atoms with E-state index in [0.29, 0.717) is 28.1 Å². The van der Waals surface area contributed by atoms with Gasteiger partial charge in [0.05, 0.1) is 37.8 Å². The number of carbonyl (C=O) groups is 1. The molecule has 7 heteroatoms. The van der Waals surface area contributed by atoms with Crippen LogP contribution in [0.5, 0.6) is 11.6 Å². The van der Waals surface area contributed by atoms with Crippen LogP contribution in [0.3, 0.4) is 0 Å². The van der Waals surface area contributed by atoms with E-state index in [1.807, 2.05) is 6.07 Å². The fraction of sp³-hybridized carbons (Fsp3) is 0.0909. The number of hydrogen-bond donors (Lipinski definition) is 0. The molecule has 0 amide bonds. The first-order valence-corrected chi connectivity index (χ1v) is 8.58. The molecular weight excluding hydrogens is 370 g/mol. The number of methoxy groups -OCH3 is 2. The Labute approximate surface area is 167 Å². The normalized spacial score (nSPS) is 10.7. The van der Waals surface area contributed by atoms with Gasteiger partial charge in [0.25, 0.3) is 0 Å². The summed E-state index contributed by atoms with van der Waals surface area (Å²) in [4.78, 5) is 20.5. The first kappa shape index (κ1) is 19.6. The van der Waals surface area contributed by atoms with Crippen molar-refractivity contribution in [3.63, 3.8) is 0 Å². The first-order chi connectivity index (χ1) is 14.2. The van der Waals surface area contributed by atoms with Crippen LogP contribution >= 0.6 is 0 Å².